The molecule has 0 unspecified atom stereocenters. The van der Waals surface area contributed by atoms with Gasteiger partial charge in [0.2, 0.25) is 0 Å². The van der Waals surface area contributed by atoms with E-state index in [1.54, 1.807) is 0 Å². The van der Waals surface area contributed by atoms with E-state index in [9.17, 15) is 4.57 Å². The summed E-state index contributed by atoms with van der Waals surface area (Å²) in [5.74, 6) is 4.24. The van der Waals surface area contributed by atoms with Crippen LogP contribution in [-0.4, -0.2) is 13.2 Å². The van der Waals surface area contributed by atoms with Crippen molar-refractivity contribution in [1.29, 1.82) is 0 Å². The van der Waals surface area contributed by atoms with Gasteiger partial charge in [0.25, 0.3) is 0 Å². The summed E-state index contributed by atoms with van der Waals surface area (Å²) >= 11 is 0. The van der Waals surface area contributed by atoms with E-state index in [1.165, 1.54) is 0 Å². The normalized spacial score (nSPS) is 9.69. The quantitative estimate of drug-likeness (QED) is 0.370. The highest BCUT2D eigenvalue weighted by atomic mass is 31.2. The average Bonchev–Trinajstić information content (AvgIpc) is 2.12. The van der Waals surface area contributed by atoms with Crippen LogP contribution in [0.4, 0.5) is 0 Å². The molecule has 0 amide bonds. The van der Waals surface area contributed by atoms with Crippen LogP contribution in [0.25, 0.3) is 0 Å². The third kappa shape index (κ3) is 5.11. The number of rotatable bonds is 6. The van der Waals surface area contributed by atoms with Crippen LogP contribution in [0.3, 0.4) is 0 Å². The molecule has 0 aromatic heterocycles. The predicted molar refractivity (Wildman–Crippen MR) is 48.5 cm³/mol. The molecule has 0 N–H and O–H groups in total. The van der Waals surface area contributed by atoms with Crippen molar-refractivity contribution >= 4 is 7.82 Å². The summed E-state index contributed by atoms with van der Waals surface area (Å²) in [6.45, 7) is 2.83. The number of hydrogen-bond acceptors (Lipinski definition) is 4. The predicted octanol–water partition coefficient (Wildman–Crippen LogP) is 1.55. The zero-order valence-electron chi connectivity index (χ0n) is 6.93. The van der Waals surface area contributed by atoms with Gasteiger partial charge >= 0.3 is 7.82 Å². The number of phosphoric ester groups is 1. The molecule has 0 aromatic rings. The molecule has 0 aliphatic heterocycles. The van der Waals surface area contributed by atoms with E-state index in [0.717, 1.165) is 6.26 Å². The van der Waals surface area contributed by atoms with Crippen LogP contribution in [-0.2, 0) is 18.1 Å². The highest BCUT2D eigenvalue weighted by Crippen LogP contribution is 2.49. The van der Waals surface area contributed by atoms with Gasteiger partial charge in [-0.05, 0) is 0 Å². The molecule has 0 aromatic carbocycles. The van der Waals surface area contributed by atoms with Gasteiger partial charge in [-0.2, -0.15) is 0 Å². The Bertz CT molecular complexity index is 261. The standard InChI is InChI=1S/C8H9O4P/c1-4-7-11-13(9,10-6-3)12-8-5-2/h1-2,6H,3,7-8H2. The van der Waals surface area contributed by atoms with Gasteiger partial charge in [-0.15, -0.1) is 12.8 Å². The smallest absolute Gasteiger partial charge is 0.413 e. The molecule has 4 nitrogen and oxygen atoms in total. The van der Waals surface area contributed by atoms with Gasteiger partial charge < -0.3 is 4.52 Å². The molecule has 70 valence electrons. The SMILES string of the molecule is C#CCOP(=O)(OC=C)OCC#C. The highest BCUT2D eigenvalue weighted by Gasteiger charge is 2.25. The third-order valence-corrected chi connectivity index (χ3v) is 2.11. The molecule has 5 heteroatoms. The largest absolute Gasteiger partial charge is 0.531 e. The van der Waals surface area contributed by atoms with E-state index >= 15 is 0 Å². The summed E-state index contributed by atoms with van der Waals surface area (Å²) in [7, 11) is -3.66. The Hall–Kier alpha value is -1.19. The molecule has 0 aliphatic carbocycles. The van der Waals surface area contributed by atoms with Crippen molar-refractivity contribution in [2.75, 3.05) is 13.2 Å². The zero-order chi connectivity index (χ0) is 10.2. The molecule has 13 heavy (non-hydrogen) atoms. The average molecular weight is 200 g/mol. The van der Waals surface area contributed by atoms with Crippen molar-refractivity contribution < 1.29 is 18.1 Å². The lowest BCUT2D eigenvalue weighted by Gasteiger charge is -2.12. The first kappa shape index (κ1) is 11.8. The fourth-order valence-corrected chi connectivity index (χ4v) is 1.27. The second-order valence-electron chi connectivity index (χ2n) is 1.67. The topological polar surface area (TPSA) is 44.8 Å². The lowest BCUT2D eigenvalue weighted by molar-refractivity contribution is 0.170. The lowest BCUT2D eigenvalue weighted by atomic mass is 10.8. The number of terminal acetylenes is 2. The minimum absolute atomic E-state index is 0.185. The van der Waals surface area contributed by atoms with Gasteiger partial charge in [-0.3, -0.25) is 9.05 Å². The molecule has 0 fully saturated rings. The Morgan fingerprint density at radius 2 is 1.77 bits per heavy atom. The molecule has 0 saturated heterocycles. The minimum Gasteiger partial charge on any atom is -0.413 e. The fraction of sp³-hybridized carbons (Fsp3) is 0.250. The molecule has 0 rings (SSSR count). The van der Waals surface area contributed by atoms with Crippen molar-refractivity contribution in [1.82, 2.24) is 0 Å². The maximum atomic E-state index is 11.4. The van der Waals surface area contributed by atoms with E-state index in [1.807, 2.05) is 0 Å². The van der Waals surface area contributed by atoms with Crippen LogP contribution in [0.1, 0.15) is 0 Å². The number of phosphoric acid groups is 1. The summed E-state index contributed by atoms with van der Waals surface area (Å²) in [6, 6.07) is 0. The van der Waals surface area contributed by atoms with Crippen molar-refractivity contribution in [2.45, 2.75) is 0 Å². The summed E-state index contributed by atoms with van der Waals surface area (Å²) in [6.07, 6.45) is 10.7. The summed E-state index contributed by atoms with van der Waals surface area (Å²) < 4.78 is 25.2. The fourth-order valence-electron chi connectivity index (χ4n) is 0.422. The molecular weight excluding hydrogens is 191 g/mol. The van der Waals surface area contributed by atoms with Crippen LogP contribution in [0.2, 0.25) is 0 Å². The molecular formula is C8H9O4P. The second kappa shape index (κ2) is 6.34. The Morgan fingerprint density at radius 1 is 1.31 bits per heavy atom. The van der Waals surface area contributed by atoms with E-state index in [0.29, 0.717) is 0 Å². The first-order chi connectivity index (χ1) is 6.18. The maximum absolute atomic E-state index is 11.4. The molecule has 0 radical (unpaired) electrons. The van der Waals surface area contributed by atoms with Gasteiger partial charge in [-0.1, -0.05) is 18.4 Å². The van der Waals surface area contributed by atoms with Gasteiger partial charge in [0.05, 0.1) is 6.26 Å². The first-order valence-corrected chi connectivity index (χ1v) is 4.70. The minimum atomic E-state index is -3.66. The first-order valence-electron chi connectivity index (χ1n) is 3.24. The van der Waals surface area contributed by atoms with Gasteiger partial charge in [0.1, 0.15) is 13.2 Å². The Balaban J connectivity index is 4.19. The molecule has 0 spiro atoms. The van der Waals surface area contributed by atoms with Crippen LogP contribution in [0.5, 0.6) is 0 Å². The van der Waals surface area contributed by atoms with E-state index in [2.05, 4.69) is 32.0 Å². The molecule has 0 saturated carbocycles. The summed E-state index contributed by atoms with van der Waals surface area (Å²) in [5.41, 5.74) is 0. The van der Waals surface area contributed by atoms with Crippen LogP contribution in [0.15, 0.2) is 12.8 Å². The Kier molecular flexibility index (Phi) is 5.76. The zero-order valence-corrected chi connectivity index (χ0v) is 7.83. The third-order valence-electron chi connectivity index (χ3n) is 0.816. The highest BCUT2D eigenvalue weighted by molar-refractivity contribution is 7.48. The molecule has 0 aliphatic rings. The van der Waals surface area contributed by atoms with Crippen molar-refractivity contribution in [3.63, 3.8) is 0 Å². The Morgan fingerprint density at radius 3 is 2.08 bits per heavy atom. The van der Waals surface area contributed by atoms with E-state index < -0.39 is 7.82 Å². The Labute approximate surface area is 77.5 Å². The van der Waals surface area contributed by atoms with Gasteiger partial charge in [0, 0.05) is 0 Å². The van der Waals surface area contributed by atoms with Crippen LogP contribution >= 0.6 is 7.82 Å². The van der Waals surface area contributed by atoms with Crippen LogP contribution < -0.4 is 0 Å². The van der Waals surface area contributed by atoms with Crippen molar-refractivity contribution in [3.8, 4) is 24.7 Å². The van der Waals surface area contributed by atoms with Crippen molar-refractivity contribution in [3.05, 3.63) is 12.8 Å². The maximum Gasteiger partial charge on any atom is 0.531 e. The second-order valence-corrected chi connectivity index (χ2v) is 3.30. The monoisotopic (exact) mass is 200 g/mol. The van der Waals surface area contributed by atoms with E-state index in [4.69, 9.17) is 12.8 Å². The molecule has 0 atom stereocenters. The van der Waals surface area contributed by atoms with Gasteiger partial charge in [0.15, 0.2) is 0 Å². The molecule has 0 heterocycles. The summed E-state index contributed by atoms with van der Waals surface area (Å²) in [4.78, 5) is 0. The molecule has 0 bridgehead atoms. The lowest BCUT2D eigenvalue weighted by Crippen LogP contribution is -1.97. The van der Waals surface area contributed by atoms with E-state index in [-0.39, 0.29) is 13.2 Å². The van der Waals surface area contributed by atoms with Crippen molar-refractivity contribution in [2.24, 2.45) is 0 Å². The number of hydrogen-bond donors (Lipinski definition) is 0. The van der Waals surface area contributed by atoms with Crippen LogP contribution in [0, 0.1) is 24.7 Å². The summed E-state index contributed by atoms with van der Waals surface area (Å²) in [5, 5.41) is 0. The van der Waals surface area contributed by atoms with Gasteiger partial charge in [-0.25, -0.2) is 4.57 Å².